The number of halogens is 4. The van der Waals surface area contributed by atoms with E-state index >= 15 is 0 Å². The minimum Gasteiger partial charge on any atom is -0.489 e. The van der Waals surface area contributed by atoms with E-state index < -0.39 is 6.93 Å². The second kappa shape index (κ2) is 10.2. The molecule has 2 aromatic carbocycles. The van der Waals surface area contributed by atoms with Crippen molar-refractivity contribution >= 4 is 11.6 Å². The number of ether oxygens (including phenoxy) is 1. The van der Waals surface area contributed by atoms with E-state index in [0.717, 1.165) is 12.2 Å². The Morgan fingerprint density at radius 2 is 1.65 bits per heavy atom. The van der Waals surface area contributed by atoms with Crippen LogP contribution in [0, 0.1) is 11.7 Å². The molecule has 126 valence electrons. The molecule has 0 aliphatic carbocycles. The molecule has 0 saturated carbocycles. The topological polar surface area (TPSA) is 9.23 Å². The Hall–Kier alpha value is -1.68. The number of hydrogen-bond acceptors (Lipinski definition) is 1. The highest BCUT2D eigenvalue weighted by Crippen LogP contribution is 2.22. The second-order valence-corrected chi connectivity index (χ2v) is 5.74. The molecule has 5 heteroatoms. The van der Waals surface area contributed by atoms with Crippen molar-refractivity contribution in [3.63, 3.8) is 0 Å². The predicted molar refractivity (Wildman–Crippen MR) is 87.8 cm³/mol. The third kappa shape index (κ3) is 6.95. The molecule has 0 bridgehead atoms. The normalized spacial score (nSPS) is 10.2. The van der Waals surface area contributed by atoms with Crippen LogP contribution in [0.1, 0.15) is 25.0 Å². The van der Waals surface area contributed by atoms with E-state index in [-0.39, 0.29) is 12.4 Å². The second-order valence-electron chi connectivity index (χ2n) is 5.33. The van der Waals surface area contributed by atoms with E-state index in [0.29, 0.717) is 16.5 Å². The quantitative estimate of drug-likeness (QED) is 0.633. The van der Waals surface area contributed by atoms with Crippen LogP contribution in [0.4, 0.5) is 13.2 Å². The maximum absolute atomic E-state index is 13.6. The first-order chi connectivity index (χ1) is 11.0. The van der Waals surface area contributed by atoms with Gasteiger partial charge in [0.05, 0.1) is 5.02 Å². The first-order valence-corrected chi connectivity index (χ1v) is 7.62. The number of alkyl halides is 2. The van der Waals surface area contributed by atoms with Crippen LogP contribution < -0.4 is 4.74 Å². The van der Waals surface area contributed by atoms with Gasteiger partial charge in [0.25, 0.3) is 0 Å². The molecule has 0 unspecified atom stereocenters. The van der Waals surface area contributed by atoms with Crippen molar-refractivity contribution in [1.29, 1.82) is 0 Å². The average Bonchev–Trinajstić information content (AvgIpc) is 2.49. The van der Waals surface area contributed by atoms with Crippen LogP contribution in [-0.4, -0.2) is 6.93 Å². The van der Waals surface area contributed by atoms with Crippen LogP contribution in [0.2, 0.25) is 5.02 Å². The van der Waals surface area contributed by atoms with Gasteiger partial charge in [0.2, 0.25) is 6.93 Å². The summed E-state index contributed by atoms with van der Waals surface area (Å²) in [4.78, 5) is 0. The summed E-state index contributed by atoms with van der Waals surface area (Å²) in [6, 6.07) is 12.5. The molecule has 0 N–H and O–H groups in total. The minimum absolute atomic E-state index is 0.134. The molecule has 0 aliphatic heterocycles. The highest BCUT2D eigenvalue weighted by atomic mass is 35.5. The molecule has 0 saturated heterocycles. The van der Waals surface area contributed by atoms with Crippen molar-refractivity contribution in [2.75, 3.05) is 6.93 Å². The zero-order chi connectivity index (χ0) is 17.2. The molecule has 0 spiro atoms. The minimum atomic E-state index is -1.75. The van der Waals surface area contributed by atoms with Crippen LogP contribution in [0.15, 0.2) is 42.5 Å². The zero-order valence-corrected chi connectivity index (χ0v) is 13.9. The molecule has 1 nitrogen and oxygen atoms in total. The molecule has 0 heterocycles. The summed E-state index contributed by atoms with van der Waals surface area (Å²) in [5, 5.41) is 0.390. The predicted octanol–water partition coefficient (Wildman–Crippen LogP) is 6.14. The summed E-state index contributed by atoms with van der Waals surface area (Å²) >= 11 is 5.96. The van der Waals surface area contributed by atoms with Gasteiger partial charge in [0.15, 0.2) is 0 Å². The highest BCUT2D eigenvalue weighted by Gasteiger charge is 2.07. The summed E-state index contributed by atoms with van der Waals surface area (Å²) in [6.07, 6.45) is 1.04. The fourth-order valence-corrected chi connectivity index (χ4v) is 2.24. The number of benzene rings is 2. The van der Waals surface area contributed by atoms with Gasteiger partial charge in [-0.05, 0) is 42.2 Å². The summed E-state index contributed by atoms with van der Waals surface area (Å²) in [7, 11) is 0. The third-order valence-electron chi connectivity index (χ3n) is 3.01. The lowest BCUT2D eigenvalue weighted by Crippen LogP contribution is -2.00. The summed E-state index contributed by atoms with van der Waals surface area (Å²) in [6.45, 7) is 2.75. The Morgan fingerprint density at radius 1 is 1.04 bits per heavy atom. The van der Waals surface area contributed by atoms with E-state index in [4.69, 9.17) is 16.3 Å². The standard InChI is InChI=1S/C17H18ClFO.CH2F2/c1-12(2)10-13-6-8-14(9-7-13)20-11-15-16(18)4-3-5-17(15)19;2-1-3/h3-9,12H,10-11H2,1-2H3;1H2. The molecule has 0 radical (unpaired) electrons. The molecule has 0 amide bonds. The first-order valence-electron chi connectivity index (χ1n) is 7.24. The van der Waals surface area contributed by atoms with Crippen molar-refractivity contribution in [2.45, 2.75) is 26.9 Å². The lowest BCUT2D eigenvalue weighted by atomic mass is 10.0. The number of hydrogen-bond donors (Lipinski definition) is 0. The van der Waals surface area contributed by atoms with E-state index in [2.05, 4.69) is 13.8 Å². The van der Waals surface area contributed by atoms with Crippen molar-refractivity contribution in [2.24, 2.45) is 5.92 Å². The van der Waals surface area contributed by atoms with Gasteiger partial charge in [-0.25, -0.2) is 13.2 Å². The lowest BCUT2D eigenvalue weighted by Gasteiger charge is -2.10. The summed E-state index contributed by atoms with van der Waals surface area (Å²) < 4.78 is 38.4. The van der Waals surface area contributed by atoms with Gasteiger partial charge in [0, 0.05) is 5.56 Å². The van der Waals surface area contributed by atoms with Gasteiger partial charge >= 0.3 is 0 Å². The lowest BCUT2D eigenvalue weighted by molar-refractivity contribution is 0.295. The van der Waals surface area contributed by atoms with Crippen LogP contribution in [0.3, 0.4) is 0 Å². The largest absolute Gasteiger partial charge is 0.489 e. The SMILES string of the molecule is CC(C)Cc1ccc(OCc2c(F)cccc2Cl)cc1.FCF. The Morgan fingerprint density at radius 3 is 2.17 bits per heavy atom. The van der Waals surface area contributed by atoms with Crippen LogP contribution in [-0.2, 0) is 13.0 Å². The molecule has 0 aliphatic rings. The molecule has 2 rings (SSSR count). The average molecular weight is 345 g/mol. The van der Waals surface area contributed by atoms with Gasteiger partial charge in [0.1, 0.15) is 18.2 Å². The smallest absolute Gasteiger partial charge is 0.229 e. The fraction of sp³-hybridized carbons (Fsp3) is 0.333. The highest BCUT2D eigenvalue weighted by molar-refractivity contribution is 6.31. The van der Waals surface area contributed by atoms with Crippen molar-refractivity contribution < 1.29 is 17.9 Å². The third-order valence-corrected chi connectivity index (χ3v) is 3.37. The van der Waals surface area contributed by atoms with Gasteiger partial charge in [-0.2, -0.15) is 0 Å². The Bertz CT molecular complexity index is 565. The zero-order valence-electron chi connectivity index (χ0n) is 13.2. The fourth-order valence-electron chi connectivity index (χ4n) is 2.02. The van der Waals surface area contributed by atoms with Crippen LogP contribution >= 0.6 is 11.6 Å². The van der Waals surface area contributed by atoms with Crippen molar-refractivity contribution in [3.8, 4) is 5.75 Å². The van der Waals surface area contributed by atoms with E-state index in [1.54, 1.807) is 12.1 Å². The Labute approximate surface area is 140 Å². The van der Waals surface area contributed by atoms with Crippen LogP contribution in [0.25, 0.3) is 0 Å². The Kier molecular flexibility index (Phi) is 8.56. The molecule has 2 aromatic rings. The van der Waals surface area contributed by atoms with E-state index in [1.165, 1.54) is 11.6 Å². The Balaban J connectivity index is 0.000000816. The molecular formula is C18H20ClF3O. The van der Waals surface area contributed by atoms with Gasteiger partial charge < -0.3 is 4.74 Å². The van der Waals surface area contributed by atoms with E-state index in [1.807, 2.05) is 24.3 Å². The molecular weight excluding hydrogens is 325 g/mol. The van der Waals surface area contributed by atoms with Crippen molar-refractivity contribution in [3.05, 3.63) is 64.4 Å². The summed E-state index contributed by atoms with van der Waals surface area (Å²) in [5.41, 5.74) is 1.66. The van der Waals surface area contributed by atoms with Crippen LogP contribution in [0.5, 0.6) is 5.75 Å². The van der Waals surface area contributed by atoms with Gasteiger partial charge in [-0.1, -0.05) is 43.6 Å². The first kappa shape index (κ1) is 19.4. The number of rotatable bonds is 5. The van der Waals surface area contributed by atoms with Crippen molar-refractivity contribution in [1.82, 2.24) is 0 Å². The van der Waals surface area contributed by atoms with Gasteiger partial charge in [-0.3, -0.25) is 0 Å². The van der Waals surface area contributed by atoms with E-state index in [9.17, 15) is 13.2 Å². The van der Waals surface area contributed by atoms with Gasteiger partial charge in [-0.15, -0.1) is 0 Å². The summed E-state index contributed by atoms with van der Waals surface area (Å²) in [5.74, 6) is 1.00. The maximum Gasteiger partial charge on any atom is 0.229 e. The molecule has 0 atom stereocenters. The molecule has 0 fully saturated rings. The molecule has 0 aromatic heterocycles. The maximum atomic E-state index is 13.6. The monoisotopic (exact) mass is 344 g/mol. The molecule has 23 heavy (non-hydrogen) atoms.